The van der Waals surface area contributed by atoms with Crippen molar-refractivity contribution in [3.63, 3.8) is 0 Å². The van der Waals surface area contributed by atoms with Crippen molar-refractivity contribution in [1.82, 2.24) is 14.8 Å². The Hall–Kier alpha value is -2.46. The second kappa shape index (κ2) is 9.42. The summed E-state index contributed by atoms with van der Waals surface area (Å²) in [4.78, 5) is 22.5. The van der Waals surface area contributed by atoms with Gasteiger partial charge in [-0.15, -0.1) is 0 Å². The minimum absolute atomic E-state index is 0.352. The zero-order valence-corrected chi connectivity index (χ0v) is 20.5. The van der Waals surface area contributed by atoms with Gasteiger partial charge in [-0.25, -0.2) is 0 Å². The monoisotopic (exact) mass is 443 g/mol. The van der Waals surface area contributed by atoms with Gasteiger partial charge >= 0.3 is 0 Å². The molecule has 174 valence electrons. The summed E-state index contributed by atoms with van der Waals surface area (Å²) in [5.74, 6) is 0.873. The summed E-state index contributed by atoms with van der Waals surface area (Å²) in [6, 6.07) is 9.22. The molecule has 33 heavy (non-hydrogen) atoms. The third-order valence-electron chi connectivity index (χ3n) is 7.79. The Morgan fingerprint density at radius 3 is 2.55 bits per heavy atom. The first-order valence-electron chi connectivity index (χ1n) is 12.7. The van der Waals surface area contributed by atoms with Crippen molar-refractivity contribution in [2.24, 2.45) is 5.92 Å². The fraction of sp³-hybridized carbons (Fsp3) is 0.517. The van der Waals surface area contributed by atoms with Gasteiger partial charge in [-0.2, -0.15) is 0 Å². The van der Waals surface area contributed by atoms with Gasteiger partial charge in [0.2, 0.25) is 5.91 Å². The van der Waals surface area contributed by atoms with Crippen molar-refractivity contribution in [3.8, 4) is 0 Å². The molecule has 2 aliphatic heterocycles. The van der Waals surface area contributed by atoms with Gasteiger partial charge in [0.1, 0.15) is 0 Å². The number of aryl methyl sites for hydroxylation is 4. The summed E-state index contributed by atoms with van der Waals surface area (Å²) in [7, 11) is 2.18. The first-order chi connectivity index (χ1) is 16.0. The van der Waals surface area contributed by atoms with E-state index in [1.54, 1.807) is 0 Å². The highest BCUT2D eigenvalue weighted by Gasteiger charge is 2.28. The zero-order valence-electron chi connectivity index (χ0n) is 20.5. The predicted molar refractivity (Wildman–Crippen MR) is 134 cm³/mol. The normalized spacial score (nSPS) is 21.4. The van der Waals surface area contributed by atoms with Crippen molar-refractivity contribution in [2.75, 3.05) is 33.2 Å². The van der Waals surface area contributed by atoms with Gasteiger partial charge in [0.05, 0.1) is 5.69 Å². The van der Waals surface area contributed by atoms with Crippen LogP contribution in [0.4, 0.5) is 0 Å². The molecule has 0 N–H and O–H groups in total. The lowest BCUT2D eigenvalue weighted by Crippen LogP contribution is -2.40. The quantitative estimate of drug-likeness (QED) is 0.659. The molecule has 5 rings (SSSR count). The van der Waals surface area contributed by atoms with Crippen molar-refractivity contribution >= 4 is 11.5 Å². The second-order valence-corrected chi connectivity index (χ2v) is 10.5. The number of hydrogen-bond donors (Lipinski definition) is 0. The van der Waals surface area contributed by atoms with Gasteiger partial charge in [0.25, 0.3) is 0 Å². The minimum Gasteiger partial charge on any atom is -0.342 e. The summed E-state index contributed by atoms with van der Waals surface area (Å²) >= 11 is 0. The smallest absolute Gasteiger partial charge is 0.222 e. The Bertz CT molecular complexity index is 1020. The highest BCUT2D eigenvalue weighted by atomic mass is 16.2. The van der Waals surface area contributed by atoms with Crippen LogP contribution >= 0.6 is 0 Å². The Kier molecular flexibility index (Phi) is 6.38. The summed E-state index contributed by atoms with van der Waals surface area (Å²) in [5.41, 5.74) is 10.7. The molecule has 0 saturated carbocycles. The number of pyridine rings is 1. The molecule has 1 atom stereocenters. The number of piperidine rings is 2. The summed E-state index contributed by atoms with van der Waals surface area (Å²) in [6.45, 7) is 8.22. The molecule has 2 fully saturated rings. The maximum absolute atomic E-state index is 13.1. The number of carbonyl (C=O) groups excluding carboxylic acids is 1. The molecular weight excluding hydrogens is 406 g/mol. The number of benzene rings is 1. The van der Waals surface area contributed by atoms with Crippen LogP contribution < -0.4 is 0 Å². The lowest BCUT2D eigenvalue weighted by atomic mass is 9.87. The lowest BCUT2D eigenvalue weighted by Gasteiger charge is -2.34. The number of likely N-dealkylation sites (tertiary alicyclic amines) is 2. The predicted octanol–water partition coefficient (Wildman–Crippen LogP) is 4.95. The van der Waals surface area contributed by atoms with Gasteiger partial charge in [-0.1, -0.05) is 35.4 Å². The molecule has 1 unspecified atom stereocenters. The van der Waals surface area contributed by atoms with Crippen LogP contribution in [0.3, 0.4) is 0 Å². The Morgan fingerprint density at radius 2 is 1.76 bits per heavy atom. The third kappa shape index (κ3) is 4.77. The van der Waals surface area contributed by atoms with E-state index in [1.807, 2.05) is 6.20 Å². The number of aromatic nitrogens is 1. The molecule has 0 bridgehead atoms. The van der Waals surface area contributed by atoms with Gasteiger partial charge in [0, 0.05) is 37.8 Å². The topological polar surface area (TPSA) is 36.4 Å². The number of rotatable bonds is 2. The molecule has 1 aromatic carbocycles. The highest BCUT2D eigenvalue weighted by molar-refractivity contribution is 5.85. The SMILES string of the molecule is Cc1ccc2c(c1)CCc1cc(C)cnc1C2=C1CCN(C(=O)CC2CCCN(C)C2)CC1. The van der Waals surface area contributed by atoms with Crippen LogP contribution in [-0.2, 0) is 17.6 Å². The molecule has 1 aliphatic carbocycles. The fourth-order valence-corrected chi connectivity index (χ4v) is 6.07. The molecule has 0 radical (unpaired) electrons. The van der Waals surface area contributed by atoms with E-state index in [9.17, 15) is 4.79 Å². The lowest BCUT2D eigenvalue weighted by molar-refractivity contribution is -0.133. The maximum atomic E-state index is 13.1. The average molecular weight is 444 g/mol. The molecule has 3 aliphatic rings. The molecular formula is C29H37N3O. The number of nitrogens with zero attached hydrogens (tertiary/aromatic N) is 3. The van der Waals surface area contributed by atoms with Crippen molar-refractivity contribution < 1.29 is 4.79 Å². The molecule has 0 spiro atoms. The van der Waals surface area contributed by atoms with E-state index >= 15 is 0 Å². The van der Waals surface area contributed by atoms with E-state index < -0.39 is 0 Å². The first-order valence-corrected chi connectivity index (χ1v) is 12.7. The third-order valence-corrected chi connectivity index (χ3v) is 7.79. The number of amides is 1. The van der Waals surface area contributed by atoms with E-state index in [1.165, 1.54) is 64.0 Å². The van der Waals surface area contributed by atoms with Gasteiger partial charge in [-0.05, 0) is 94.1 Å². The van der Waals surface area contributed by atoms with E-state index in [2.05, 4.69) is 55.0 Å². The van der Waals surface area contributed by atoms with E-state index in [-0.39, 0.29) is 0 Å². The summed E-state index contributed by atoms with van der Waals surface area (Å²) in [6.07, 6.45) is 9.14. The van der Waals surface area contributed by atoms with Crippen LogP contribution in [0.5, 0.6) is 0 Å². The standard InChI is InChI=1S/C29H37N3O/c1-20-6-9-26-24(15-20)7-8-25-16-21(2)18-30-29(25)28(26)23-10-13-32(14-11-23)27(33)17-22-5-4-12-31(3)19-22/h6,9,15-16,18,22H,4-5,7-8,10-14,17,19H2,1-3H3. The van der Waals surface area contributed by atoms with Crippen LogP contribution in [0, 0.1) is 19.8 Å². The highest BCUT2D eigenvalue weighted by Crippen LogP contribution is 2.38. The van der Waals surface area contributed by atoms with Crippen molar-refractivity contribution in [2.45, 2.75) is 58.8 Å². The van der Waals surface area contributed by atoms with Crippen LogP contribution in [-0.4, -0.2) is 53.9 Å². The van der Waals surface area contributed by atoms with E-state index in [4.69, 9.17) is 4.98 Å². The van der Waals surface area contributed by atoms with Gasteiger partial charge in [-0.3, -0.25) is 9.78 Å². The maximum Gasteiger partial charge on any atom is 0.222 e. The van der Waals surface area contributed by atoms with Gasteiger partial charge in [0.15, 0.2) is 0 Å². The molecule has 2 saturated heterocycles. The fourth-order valence-electron chi connectivity index (χ4n) is 6.07. The van der Waals surface area contributed by atoms with E-state index in [0.717, 1.165) is 45.3 Å². The molecule has 3 heterocycles. The van der Waals surface area contributed by atoms with Crippen LogP contribution in [0.2, 0.25) is 0 Å². The van der Waals surface area contributed by atoms with Crippen LogP contribution in [0.1, 0.15) is 65.6 Å². The Labute approximate surface area is 198 Å². The zero-order chi connectivity index (χ0) is 22.9. The second-order valence-electron chi connectivity index (χ2n) is 10.5. The average Bonchev–Trinajstić information content (AvgIpc) is 2.95. The molecule has 4 heteroatoms. The van der Waals surface area contributed by atoms with Crippen LogP contribution in [0.25, 0.3) is 5.57 Å². The van der Waals surface area contributed by atoms with Crippen molar-refractivity contribution in [3.05, 3.63) is 69.5 Å². The van der Waals surface area contributed by atoms with Gasteiger partial charge < -0.3 is 9.80 Å². The Balaban J connectivity index is 1.40. The summed E-state index contributed by atoms with van der Waals surface area (Å²) < 4.78 is 0. The Morgan fingerprint density at radius 1 is 1.00 bits per heavy atom. The molecule has 4 nitrogen and oxygen atoms in total. The minimum atomic E-state index is 0.352. The molecule has 2 aromatic rings. The first kappa shape index (κ1) is 22.3. The largest absolute Gasteiger partial charge is 0.342 e. The van der Waals surface area contributed by atoms with E-state index in [0.29, 0.717) is 18.2 Å². The number of hydrogen-bond acceptors (Lipinski definition) is 3. The van der Waals surface area contributed by atoms with Crippen LogP contribution in [0.15, 0.2) is 36.0 Å². The molecule has 1 amide bonds. The van der Waals surface area contributed by atoms with Crippen molar-refractivity contribution in [1.29, 1.82) is 0 Å². The molecule has 1 aromatic heterocycles. The number of carbonyl (C=O) groups is 1. The number of fused-ring (bicyclic) bond motifs is 2. The summed E-state index contributed by atoms with van der Waals surface area (Å²) in [5, 5.41) is 0.